The van der Waals surface area contributed by atoms with Crippen LogP contribution in [-0.2, 0) is 0 Å². The van der Waals surface area contributed by atoms with Crippen LogP contribution in [0.1, 0.15) is 0 Å². The summed E-state index contributed by atoms with van der Waals surface area (Å²) in [7, 11) is 1.56. The van der Waals surface area contributed by atoms with Crippen LogP contribution in [0.4, 0.5) is 4.39 Å². The summed E-state index contributed by atoms with van der Waals surface area (Å²) in [6, 6.07) is 2.99. The second kappa shape index (κ2) is 2.71. The van der Waals surface area contributed by atoms with E-state index in [4.69, 9.17) is 4.74 Å². The van der Waals surface area contributed by atoms with E-state index in [1.54, 1.807) is 13.2 Å². The lowest BCUT2D eigenvalue weighted by Gasteiger charge is -1.99. The van der Waals surface area contributed by atoms with Crippen molar-refractivity contribution in [2.75, 3.05) is 7.11 Å². The molecule has 12 heavy (non-hydrogen) atoms. The zero-order chi connectivity index (χ0) is 8.55. The second-order valence-corrected chi connectivity index (χ2v) is 3.12. The molecule has 0 aliphatic carbocycles. The van der Waals surface area contributed by atoms with Gasteiger partial charge in [-0.05, 0) is 23.7 Å². The molecule has 0 fully saturated rings. The highest BCUT2D eigenvalue weighted by Gasteiger charge is 2.07. The molecule has 1 aromatic carbocycles. The largest absolute Gasteiger partial charge is 0.495 e. The van der Waals surface area contributed by atoms with Crippen LogP contribution in [0.5, 0.6) is 5.75 Å². The fourth-order valence-electron chi connectivity index (χ4n) is 1.06. The Morgan fingerprint density at radius 3 is 3.08 bits per heavy atom. The molecule has 1 heterocycles. The van der Waals surface area contributed by atoms with Crippen molar-refractivity contribution in [1.29, 1.82) is 0 Å². The number of hydrogen-bond acceptors (Lipinski definition) is 3. The summed E-state index contributed by atoms with van der Waals surface area (Å²) in [5, 5.41) is 0.527. The number of rotatable bonds is 1. The van der Waals surface area contributed by atoms with Gasteiger partial charge in [-0.3, -0.25) is 0 Å². The van der Waals surface area contributed by atoms with E-state index in [9.17, 15) is 4.39 Å². The van der Waals surface area contributed by atoms with Crippen molar-refractivity contribution in [1.82, 2.24) is 4.37 Å². The van der Waals surface area contributed by atoms with Gasteiger partial charge in [0.2, 0.25) is 0 Å². The average Bonchev–Trinajstić information content (AvgIpc) is 2.54. The molecular weight excluding hydrogens is 177 g/mol. The van der Waals surface area contributed by atoms with Gasteiger partial charge in [-0.15, -0.1) is 0 Å². The molecule has 0 bridgehead atoms. The molecule has 2 aromatic rings. The van der Waals surface area contributed by atoms with Gasteiger partial charge in [0.05, 0.1) is 23.4 Å². The zero-order valence-corrected chi connectivity index (χ0v) is 7.19. The standard InChI is InChI=1S/C8H6FNOS/c1-11-7-3-2-6(9)5-4-10-12-8(5)7/h2-4H,1H3. The molecule has 0 saturated heterocycles. The first-order valence-electron chi connectivity index (χ1n) is 3.40. The van der Waals surface area contributed by atoms with Gasteiger partial charge in [0.15, 0.2) is 0 Å². The van der Waals surface area contributed by atoms with Gasteiger partial charge in [-0.25, -0.2) is 4.39 Å². The van der Waals surface area contributed by atoms with Crippen LogP contribution in [0, 0.1) is 5.82 Å². The maximum absolute atomic E-state index is 13.0. The number of nitrogens with zero attached hydrogens (tertiary/aromatic N) is 1. The summed E-state index contributed by atoms with van der Waals surface area (Å²) in [5.41, 5.74) is 0. The first-order valence-corrected chi connectivity index (χ1v) is 4.17. The zero-order valence-electron chi connectivity index (χ0n) is 6.37. The Kier molecular flexibility index (Phi) is 1.69. The average molecular weight is 183 g/mol. The van der Waals surface area contributed by atoms with Crippen molar-refractivity contribution in [2.24, 2.45) is 0 Å². The number of fused-ring (bicyclic) bond motifs is 1. The molecule has 0 amide bonds. The Balaban J connectivity index is 2.82. The molecule has 0 aliphatic heterocycles. The molecule has 0 unspecified atom stereocenters. The Morgan fingerprint density at radius 2 is 2.33 bits per heavy atom. The predicted octanol–water partition coefficient (Wildman–Crippen LogP) is 2.44. The third-order valence-electron chi connectivity index (χ3n) is 1.65. The van der Waals surface area contributed by atoms with E-state index in [2.05, 4.69) is 4.37 Å². The van der Waals surface area contributed by atoms with Gasteiger partial charge in [0.25, 0.3) is 0 Å². The molecule has 0 saturated carbocycles. The predicted molar refractivity (Wildman–Crippen MR) is 46.1 cm³/mol. The Hall–Kier alpha value is -1.16. The van der Waals surface area contributed by atoms with Crippen LogP contribution in [-0.4, -0.2) is 11.5 Å². The molecule has 0 atom stereocenters. The van der Waals surface area contributed by atoms with Crippen molar-refractivity contribution in [2.45, 2.75) is 0 Å². The number of halogens is 1. The molecule has 0 radical (unpaired) electrons. The topological polar surface area (TPSA) is 22.1 Å². The fraction of sp³-hybridized carbons (Fsp3) is 0.125. The number of benzene rings is 1. The van der Waals surface area contributed by atoms with E-state index >= 15 is 0 Å². The SMILES string of the molecule is COc1ccc(F)c2cnsc12. The number of hydrogen-bond donors (Lipinski definition) is 0. The van der Waals surface area contributed by atoms with Crippen molar-refractivity contribution in [3.05, 3.63) is 24.1 Å². The van der Waals surface area contributed by atoms with Crippen molar-refractivity contribution >= 4 is 21.6 Å². The lowest BCUT2D eigenvalue weighted by molar-refractivity contribution is 0.420. The molecule has 1 aromatic heterocycles. The summed E-state index contributed by atoms with van der Waals surface area (Å²) in [4.78, 5) is 0. The highest BCUT2D eigenvalue weighted by atomic mass is 32.1. The van der Waals surface area contributed by atoms with Gasteiger partial charge in [0, 0.05) is 0 Å². The van der Waals surface area contributed by atoms with Crippen LogP contribution in [0.25, 0.3) is 10.1 Å². The van der Waals surface area contributed by atoms with Gasteiger partial charge >= 0.3 is 0 Å². The van der Waals surface area contributed by atoms with Crippen LogP contribution >= 0.6 is 11.5 Å². The highest BCUT2D eigenvalue weighted by Crippen LogP contribution is 2.30. The maximum atomic E-state index is 13.0. The third-order valence-corrected chi connectivity index (χ3v) is 2.47. The van der Waals surface area contributed by atoms with E-state index in [1.165, 1.54) is 23.8 Å². The molecular formula is C8H6FNOS. The quantitative estimate of drug-likeness (QED) is 0.677. The summed E-state index contributed by atoms with van der Waals surface area (Å²) in [6.07, 6.45) is 1.51. The minimum atomic E-state index is -0.250. The smallest absolute Gasteiger partial charge is 0.138 e. The third kappa shape index (κ3) is 0.956. The summed E-state index contributed by atoms with van der Waals surface area (Å²) in [5.74, 6) is 0.424. The van der Waals surface area contributed by atoms with Gasteiger partial charge in [-0.2, -0.15) is 4.37 Å². The first-order chi connectivity index (χ1) is 5.83. The molecule has 0 N–H and O–H groups in total. The van der Waals surface area contributed by atoms with Gasteiger partial charge < -0.3 is 4.74 Å². The molecule has 2 nitrogen and oxygen atoms in total. The van der Waals surface area contributed by atoms with E-state index in [1.807, 2.05) is 0 Å². The van der Waals surface area contributed by atoms with E-state index in [0.717, 1.165) is 4.70 Å². The van der Waals surface area contributed by atoms with Crippen molar-refractivity contribution < 1.29 is 9.13 Å². The summed E-state index contributed by atoms with van der Waals surface area (Å²) in [6.45, 7) is 0. The van der Waals surface area contributed by atoms with Gasteiger partial charge in [0.1, 0.15) is 11.6 Å². The molecule has 62 valence electrons. The lowest BCUT2D eigenvalue weighted by Crippen LogP contribution is -1.83. The van der Waals surface area contributed by atoms with E-state index in [0.29, 0.717) is 11.1 Å². The molecule has 0 spiro atoms. The minimum absolute atomic E-state index is 0.250. The number of methoxy groups -OCH3 is 1. The van der Waals surface area contributed by atoms with Crippen molar-refractivity contribution in [3.63, 3.8) is 0 Å². The summed E-state index contributed by atoms with van der Waals surface area (Å²) < 4.78 is 22.7. The Bertz CT molecular complexity index is 412. The summed E-state index contributed by atoms with van der Waals surface area (Å²) >= 11 is 1.24. The Morgan fingerprint density at radius 1 is 1.50 bits per heavy atom. The normalized spacial score (nSPS) is 10.5. The second-order valence-electron chi connectivity index (χ2n) is 2.32. The molecule has 0 aliphatic rings. The monoisotopic (exact) mass is 183 g/mol. The van der Waals surface area contributed by atoms with Crippen LogP contribution < -0.4 is 4.74 Å². The number of ether oxygens (including phenoxy) is 1. The fourth-order valence-corrected chi connectivity index (χ4v) is 1.82. The Labute approximate surface area is 72.8 Å². The van der Waals surface area contributed by atoms with Gasteiger partial charge in [-0.1, -0.05) is 0 Å². The minimum Gasteiger partial charge on any atom is -0.495 e. The first kappa shape index (κ1) is 7.49. The highest BCUT2D eigenvalue weighted by molar-refractivity contribution is 7.13. The van der Waals surface area contributed by atoms with E-state index in [-0.39, 0.29) is 5.82 Å². The maximum Gasteiger partial charge on any atom is 0.138 e. The lowest BCUT2D eigenvalue weighted by atomic mass is 10.2. The number of aromatic nitrogens is 1. The van der Waals surface area contributed by atoms with E-state index < -0.39 is 0 Å². The molecule has 4 heteroatoms. The van der Waals surface area contributed by atoms with Crippen molar-refractivity contribution in [3.8, 4) is 5.75 Å². The van der Waals surface area contributed by atoms with Crippen LogP contribution in [0.3, 0.4) is 0 Å². The van der Waals surface area contributed by atoms with Crippen LogP contribution in [0.15, 0.2) is 18.3 Å². The van der Waals surface area contributed by atoms with Crippen LogP contribution in [0.2, 0.25) is 0 Å². The molecule has 2 rings (SSSR count).